The molecule has 0 aromatic heterocycles. The number of Topliss-reactive ketones (excluding diaryl/α,β-unsaturated/α-hetero) is 1. The third-order valence-electron chi connectivity index (χ3n) is 2.06. The van der Waals surface area contributed by atoms with E-state index in [-0.39, 0.29) is 11.4 Å². The summed E-state index contributed by atoms with van der Waals surface area (Å²) in [7, 11) is 0. The summed E-state index contributed by atoms with van der Waals surface area (Å²) in [5.74, 6) is -0.293. The van der Waals surface area contributed by atoms with Gasteiger partial charge in [0.1, 0.15) is 6.10 Å². The van der Waals surface area contributed by atoms with Crippen LogP contribution in [-0.2, 0) is 4.79 Å². The van der Waals surface area contributed by atoms with E-state index in [9.17, 15) is 9.90 Å². The molecule has 0 aliphatic heterocycles. The predicted molar refractivity (Wildman–Crippen MR) is 61.2 cm³/mol. The van der Waals surface area contributed by atoms with Crippen LogP contribution in [0.4, 0.5) is 0 Å². The van der Waals surface area contributed by atoms with Crippen molar-refractivity contribution in [2.75, 3.05) is 0 Å². The Balaban J connectivity index is 3.16. The Morgan fingerprint density at radius 2 is 1.87 bits per heavy atom. The molecule has 0 radical (unpaired) electrons. The maximum Gasteiger partial charge on any atom is 0.158 e. The first kappa shape index (κ1) is 12.2. The van der Waals surface area contributed by atoms with Gasteiger partial charge in [0.2, 0.25) is 0 Å². The van der Waals surface area contributed by atoms with Crippen LogP contribution in [0.15, 0.2) is 30.4 Å². The summed E-state index contributed by atoms with van der Waals surface area (Å²) >= 11 is 11.8. The quantitative estimate of drug-likeness (QED) is 0.830. The van der Waals surface area contributed by atoms with Crippen molar-refractivity contribution in [3.63, 3.8) is 0 Å². The van der Waals surface area contributed by atoms with Crippen LogP contribution in [0.2, 0.25) is 10.0 Å². The molecule has 0 heterocycles. The van der Waals surface area contributed by atoms with E-state index in [0.29, 0.717) is 15.6 Å². The van der Waals surface area contributed by atoms with Gasteiger partial charge in [-0.2, -0.15) is 0 Å². The third-order valence-corrected chi connectivity index (χ3v) is 2.71. The molecule has 1 rings (SSSR count). The minimum absolute atomic E-state index is 0.0741. The Hall–Kier alpha value is -0.830. The highest BCUT2D eigenvalue weighted by molar-refractivity contribution is 6.36. The fourth-order valence-electron chi connectivity index (χ4n) is 1.14. The highest BCUT2D eigenvalue weighted by Gasteiger charge is 2.20. The van der Waals surface area contributed by atoms with E-state index in [4.69, 9.17) is 23.2 Å². The Kier molecular flexibility index (Phi) is 3.91. The zero-order chi connectivity index (χ0) is 11.6. The minimum Gasteiger partial charge on any atom is -0.383 e. The second-order valence-corrected chi connectivity index (χ2v) is 3.93. The van der Waals surface area contributed by atoms with Gasteiger partial charge in [0.15, 0.2) is 5.78 Å². The molecule has 1 aromatic carbocycles. The minimum atomic E-state index is -1.15. The van der Waals surface area contributed by atoms with Gasteiger partial charge in [0, 0.05) is 21.2 Å². The summed E-state index contributed by atoms with van der Waals surface area (Å²) in [6, 6.07) is 4.86. The topological polar surface area (TPSA) is 37.3 Å². The lowest BCUT2D eigenvalue weighted by Crippen LogP contribution is -2.08. The van der Waals surface area contributed by atoms with Crippen molar-refractivity contribution in [3.05, 3.63) is 46.0 Å². The second-order valence-electron chi connectivity index (χ2n) is 3.12. The molecular formula is C11H10Cl2O2. The fourth-order valence-corrected chi connectivity index (χ4v) is 1.74. The molecule has 0 amide bonds. The highest BCUT2D eigenvalue weighted by atomic mass is 35.5. The highest BCUT2D eigenvalue weighted by Crippen LogP contribution is 2.33. The summed E-state index contributed by atoms with van der Waals surface area (Å²) in [5.41, 5.74) is 0.394. The molecule has 0 fully saturated rings. The Bertz CT molecular complexity index is 393. The summed E-state index contributed by atoms with van der Waals surface area (Å²) in [5, 5.41) is 10.5. The number of carbonyl (C=O) groups excluding carboxylic acids is 1. The molecule has 0 saturated heterocycles. The van der Waals surface area contributed by atoms with E-state index in [2.05, 4.69) is 6.58 Å². The zero-order valence-electron chi connectivity index (χ0n) is 8.13. The van der Waals surface area contributed by atoms with Crippen molar-refractivity contribution in [1.82, 2.24) is 0 Å². The molecule has 1 atom stereocenters. The molecule has 0 aliphatic carbocycles. The SMILES string of the molecule is C=C(C(C)=O)C(O)c1c(Cl)cccc1Cl. The number of halogens is 2. The van der Waals surface area contributed by atoms with Crippen LogP contribution in [0.5, 0.6) is 0 Å². The van der Waals surface area contributed by atoms with Gasteiger partial charge in [-0.3, -0.25) is 4.79 Å². The van der Waals surface area contributed by atoms with Crippen LogP contribution in [0.1, 0.15) is 18.6 Å². The molecule has 80 valence electrons. The van der Waals surface area contributed by atoms with Gasteiger partial charge in [-0.25, -0.2) is 0 Å². The summed E-state index contributed by atoms with van der Waals surface area (Å²) in [4.78, 5) is 11.0. The van der Waals surface area contributed by atoms with E-state index in [1.807, 2.05) is 0 Å². The number of hydrogen-bond acceptors (Lipinski definition) is 2. The number of rotatable bonds is 3. The van der Waals surface area contributed by atoms with E-state index in [0.717, 1.165) is 0 Å². The van der Waals surface area contributed by atoms with Gasteiger partial charge in [0.25, 0.3) is 0 Å². The van der Waals surface area contributed by atoms with Crippen molar-refractivity contribution in [3.8, 4) is 0 Å². The van der Waals surface area contributed by atoms with E-state index in [1.165, 1.54) is 6.92 Å². The Labute approximate surface area is 98.1 Å². The smallest absolute Gasteiger partial charge is 0.158 e. The van der Waals surface area contributed by atoms with Gasteiger partial charge >= 0.3 is 0 Å². The number of carbonyl (C=O) groups is 1. The van der Waals surface area contributed by atoms with Gasteiger partial charge in [-0.15, -0.1) is 0 Å². The van der Waals surface area contributed by atoms with Crippen LogP contribution < -0.4 is 0 Å². The third kappa shape index (κ3) is 2.59. The van der Waals surface area contributed by atoms with Crippen molar-refractivity contribution >= 4 is 29.0 Å². The van der Waals surface area contributed by atoms with Gasteiger partial charge in [0.05, 0.1) is 0 Å². The number of ketones is 1. The number of benzene rings is 1. The van der Waals surface area contributed by atoms with E-state index in [1.54, 1.807) is 18.2 Å². The monoisotopic (exact) mass is 244 g/mol. The Morgan fingerprint density at radius 3 is 2.27 bits per heavy atom. The number of hydrogen-bond donors (Lipinski definition) is 1. The molecule has 2 nitrogen and oxygen atoms in total. The summed E-state index contributed by atoms with van der Waals surface area (Å²) in [6.45, 7) is 4.83. The Morgan fingerprint density at radius 1 is 1.40 bits per heavy atom. The summed E-state index contributed by atoms with van der Waals surface area (Å²) < 4.78 is 0. The average Bonchev–Trinajstić information content (AvgIpc) is 2.15. The normalized spacial score (nSPS) is 12.3. The van der Waals surface area contributed by atoms with Crippen molar-refractivity contribution in [1.29, 1.82) is 0 Å². The van der Waals surface area contributed by atoms with Crippen molar-refractivity contribution in [2.24, 2.45) is 0 Å². The second kappa shape index (κ2) is 4.79. The van der Waals surface area contributed by atoms with Crippen LogP contribution in [0.25, 0.3) is 0 Å². The fraction of sp³-hybridized carbons (Fsp3) is 0.182. The van der Waals surface area contributed by atoms with Crippen LogP contribution in [0.3, 0.4) is 0 Å². The van der Waals surface area contributed by atoms with Gasteiger partial charge < -0.3 is 5.11 Å². The zero-order valence-corrected chi connectivity index (χ0v) is 9.64. The maximum atomic E-state index is 11.0. The largest absolute Gasteiger partial charge is 0.383 e. The first-order chi connectivity index (χ1) is 6.95. The van der Waals surface area contributed by atoms with E-state index >= 15 is 0 Å². The molecule has 4 heteroatoms. The lowest BCUT2D eigenvalue weighted by molar-refractivity contribution is -0.114. The van der Waals surface area contributed by atoms with E-state index < -0.39 is 6.10 Å². The van der Waals surface area contributed by atoms with Crippen LogP contribution in [0, 0.1) is 0 Å². The molecule has 1 unspecified atom stereocenters. The maximum absolute atomic E-state index is 11.0. The lowest BCUT2D eigenvalue weighted by Gasteiger charge is -2.14. The molecule has 0 aliphatic rings. The standard InChI is InChI=1S/C11H10Cl2O2/c1-6(7(2)14)11(15)10-8(12)4-3-5-9(10)13/h3-5,11,15H,1H2,2H3. The van der Waals surface area contributed by atoms with Crippen molar-refractivity contribution in [2.45, 2.75) is 13.0 Å². The lowest BCUT2D eigenvalue weighted by atomic mass is 10.0. The molecule has 0 saturated carbocycles. The average molecular weight is 245 g/mol. The van der Waals surface area contributed by atoms with Crippen LogP contribution >= 0.6 is 23.2 Å². The molecule has 0 spiro atoms. The van der Waals surface area contributed by atoms with Crippen molar-refractivity contribution < 1.29 is 9.90 Å². The first-order valence-electron chi connectivity index (χ1n) is 4.27. The molecular weight excluding hydrogens is 235 g/mol. The van der Waals surface area contributed by atoms with Crippen LogP contribution in [-0.4, -0.2) is 10.9 Å². The van der Waals surface area contributed by atoms with Gasteiger partial charge in [-0.1, -0.05) is 35.8 Å². The number of aliphatic hydroxyl groups is 1. The summed E-state index contributed by atoms with van der Waals surface area (Å²) in [6.07, 6.45) is -1.15. The first-order valence-corrected chi connectivity index (χ1v) is 5.02. The predicted octanol–water partition coefficient (Wildman–Crippen LogP) is 3.17. The number of aliphatic hydroxyl groups excluding tert-OH is 1. The molecule has 15 heavy (non-hydrogen) atoms. The molecule has 1 aromatic rings. The van der Waals surface area contributed by atoms with Gasteiger partial charge in [-0.05, 0) is 19.1 Å². The molecule has 0 bridgehead atoms. The molecule has 1 N–H and O–H groups in total.